The molecule has 4 heteroatoms. The molecule has 1 atom stereocenters. The maximum absolute atomic E-state index is 10.9. The van der Waals surface area contributed by atoms with Gasteiger partial charge in [-0.3, -0.25) is 0 Å². The second kappa shape index (κ2) is 5.57. The van der Waals surface area contributed by atoms with Crippen molar-refractivity contribution in [3.05, 3.63) is 23.8 Å². The van der Waals surface area contributed by atoms with Gasteiger partial charge in [-0.2, -0.15) is 0 Å². The first-order valence-electron chi connectivity index (χ1n) is 5.78. The molecule has 1 aromatic rings. The van der Waals surface area contributed by atoms with Crippen LogP contribution < -0.4 is 11.1 Å². The monoisotopic (exact) mass is 236 g/mol. The lowest BCUT2D eigenvalue weighted by Crippen LogP contribution is -2.16. The van der Waals surface area contributed by atoms with Crippen molar-refractivity contribution in [3.63, 3.8) is 0 Å². The zero-order valence-corrected chi connectivity index (χ0v) is 10.5. The number of rotatable bonds is 5. The summed E-state index contributed by atoms with van der Waals surface area (Å²) in [5.41, 5.74) is 6.82. The number of anilines is 2. The van der Waals surface area contributed by atoms with Crippen LogP contribution in [0, 0.1) is 11.8 Å². The molecule has 0 spiro atoms. The van der Waals surface area contributed by atoms with Crippen molar-refractivity contribution in [3.8, 4) is 0 Å². The number of carboxylic acids is 1. The van der Waals surface area contributed by atoms with Gasteiger partial charge in [0.05, 0.1) is 5.56 Å². The molecule has 0 fully saturated rings. The molecule has 0 radical (unpaired) electrons. The highest BCUT2D eigenvalue weighted by Gasteiger charge is 2.10. The summed E-state index contributed by atoms with van der Waals surface area (Å²) in [4.78, 5) is 10.9. The first kappa shape index (κ1) is 13.4. The Morgan fingerprint density at radius 2 is 2.06 bits per heavy atom. The zero-order chi connectivity index (χ0) is 13.0. The summed E-state index contributed by atoms with van der Waals surface area (Å²) in [6, 6.07) is 4.99. The van der Waals surface area contributed by atoms with Crippen molar-refractivity contribution in [1.29, 1.82) is 0 Å². The molecule has 4 nitrogen and oxygen atoms in total. The van der Waals surface area contributed by atoms with Crippen LogP contribution in [0.3, 0.4) is 0 Å². The highest BCUT2D eigenvalue weighted by Crippen LogP contribution is 2.19. The summed E-state index contributed by atoms with van der Waals surface area (Å²) in [5, 5.41) is 12.2. The second-order valence-electron chi connectivity index (χ2n) is 4.71. The number of nitrogens with two attached hydrogens (primary N) is 1. The number of hydrogen-bond acceptors (Lipinski definition) is 3. The third-order valence-corrected chi connectivity index (χ3v) is 3.05. The number of nitrogens with one attached hydrogen (secondary N) is 1. The van der Waals surface area contributed by atoms with Crippen LogP contribution in [0.4, 0.5) is 11.4 Å². The number of carbonyl (C=O) groups is 1. The van der Waals surface area contributed by atoms with Crippen LogP contribution in [0.1, 0.15) is 31.1 Å². The van der Waals surface area contributed by atoms with Crippen molar-refractivity contribution in [2.45, 2.75) is 20.8 Å². The molecule has 1 unspecified atom stereocenters. The molecular weight excluding hydrogens is 216 g/mol. The van der Waals surface area contributed by atoms with E-state index in [2.05, 4.69) is 26.1 Å². The number of hydrogen-bond donors (Lipinski definition) is 3. The lowest BCUT2D eigenvalue weighted by Gasteiger charge is -2.17. The standard InChI is InChI=1S/C13H20N2O2/c1-8(2)9(3)7-15-10-4-5-12(14)11(6-10)13(16)17/h4-6,8-9,15H,7,14H2,1-3H3,(H,16,17). The van der Waals surface area contributed by atoms with Gasteiger partial charge < -0.3 is 16.2 Å². The lowest BCUT2D eigenvalue weighted by atomic mass is 9.98. The Labute approximate surface area is 102 Å². The molecule has 1 aromatic carbocycles. The zero-order valence-electron chi connectivity index (χ0n) is 10.5. The summed E-state index contributed by atoms with van der Waals surface area (Å²) in [7, 11) is 0. The van der Waals surface area contributed by atoms with Crippen molar-refractivity contribution >= 4 is 17.3 Å². The minimum absolute atomic E-state index is 0.146. The van der Waals surface area contributed by atoms with Gasteiger partial charge in [0, 0.05) is 17.9 Å². The summed E-state index contributed by atoms with van der Waals surface area (Å²) < 4.78 is 0. The number of benzene rings is 1. The maximum Gasteiger partial charge on any atom is 0.337 e. The van der Waals surface area contributed by atoms with Crippen LogP contribution in [-0.4, -0.2) is 17.6 Å². The molecule has 0 saturated heterocycles. The van der Waals surface area contributed by atoms with Crippen molar-refractivity contribution in [2.75, 3.05) is 17.6 Å². The topological polar surface area (TPSA) is 75.3 Å². The number of nitrogen functional groups attached to an aromatic ring is 1. The van der Waals surface area contributed by atoms with Crippen molar-refractivity contribution in [2.24, 2.45) is 11.8 Å². The second-order valence-corrected chi connectivity index (χ2v) is 4.71. The Balaban J connectivity index is 2.73. The Morgan fingerprint density at radius 1 is 1.41 bits per heavy atom. The van der Waals surface area contributed by atoms with Gasteiger partial charge in [0.2, 0.25) is 0 Å². The van der Waals surface area contributed by atoms with E-state index in [1.165, 1.54) is 0 Å². The van der Waals surface area contributed by atoms with E-state index in [-0.39, 0.29) is 5.56 Å². The smallest absolute Gasteiger partial charge is 0.337 e. The van der Waals surface area contributed by atoms with E-state index in [0.29, 0.717) is 17.5 Å². The van der Waals surface area contributed by atoms with Crippen LogP contribution in [-0.2, 0) is 0 Å². The first-order chi connectivity index (χ1) is 7.91. The van der Waals surface area contributed by atoms with Gasteiger partial charge in [0.1, 0.15) is 0 Å². The van der Waals surface area contributed by atoms with E-state index in [9.17, 15) is 4.79 Å². The fourth-order valence-corrected chi connectivity index (χ4v) is 1.37. The van der Waals surface area contributed by atoms with E-state index in [1.807, 2.05) is 0 Å². The largest absolute Gasteiger partial charge is 0.478 e. The fourth-order valence-electron chi connectivity index (χ4n) is 1.37. The van der Waals surface area contributed by atoms with Crippen molar-refractivity contribution in [1.82, 2.24) is 0 Å². The number of aromatic carboxylic acids is 1. The SMILES string of the molecule is CC(C)C(C)CNc1ccc(N)c(C(=O)O)c1. The molecule has 0 bridgehead atoms. The molecule has 0 aliphatic rings. The Kier molecular flexibility index (Phi) is 4.37. The average molecular weight is 236 g/mol. The molecule has 4 N–H and O–H groups in total. The first-order valence-corrected chi connectivity index (χ1v) is 5.78. The molecule has 0 aliphatic heterocycles. The third-order valence-electron chi connectivity index (χ3n) is 3.05. The molecule has 0 heterocycles. The van der Waals surface area contributed by atoms with Crippen LogP contribution in [0.5, 0.6) is 0 Å². The molecule has 1 rings (SSSR count). The third kappa shape index (κ3) is 3.66. The van der Waals surface area contributed by atoms with E-state index in [0.717, 1.165) is 12.2 Å². The van der Waals surface area contributed by atoms with Gasteiger partial charge in [-0.1, -0.05) is 20.8 Å². The van der Waals surface area contributed by atoms with Crippen LogP contribution in [0.2, 0.25) is 0 Å². The minimum atomic E-state index is -0.997. The van der Waals surface area contributed by atoms with Gasteiger partial charge in [-0.25, -0.2) is 4.79 Å². The Hall–Kier alpha value is -1.71. The van der Waals surface area contributed by atoms with Crippen molar-refractivity contribution < 1.29 is 9.90 Å². The van der Waals surface area contributed by atoms with Gasteiger partial charge in [-0.15, -0.1) is 0 Å². The minimum Gasteiger partial charge on any atom is -0.478 e. The Morgan fingerprint density at radius 3 is 2.59 bits per heavy atom. The summed E-state index contributed by atoms with van der Waals surface area (Å²) >= 11 is 0. The molecule has 94 valence electrons. The summed E-state index contributed by atoms with van der Waals surface area (Å²) in [6.45, 7) is 7.31. The van der Waals surface area contributed by atoms with E-state index < -0.39 is 5.97 Å². The van der Waals surface area contributed by atoms with Gasteiger partial charge in [0.15, 0.2) is 0 Å². The fraction of sp³-hybridized carbons (Fsp3) is 0.462. The predicted octanol–water partition coefficient (Wildman–Crippen LogP) is 2.67. The van der Waals surface area contributed by atoms with E-state index >= 15 is 0 Å². The molecule has 0 saturated carbocycles. The number of carboxylic acid groups (broad SMARTS) is 1. The van der Waals surface area contributed by atoms with Gasteiger partial charge >= 0.3 is 5.97 Å². The van der Waals surface area contributed by atoms with Crippen LogP contribution in [0.25, 0.3) is 0 Å². The normalized spacial score (nSPS) is 12.5. The van der Waals surface area contributed by atoms with Crippen LogP contribution in [0.15, 0.2) is 18.2 Å². The molecule has 0 aromatic heterocycles. The van der Waals surface area contributed by atoms with Crippen LogP contribution >= 0.6 is 0 Å². The lowest BCUT2D eigenvalue weighted by molar-refractivity contribution is 0.0698. The predicted molar refractivity (Wildman–Crippen MR) is 70.3 cm³/mol. The summed E-state index contributed by atoms with van der Waals surface area (Å²) in [6.07, 6.45) is 0. The van der Waals surface area contributed by atoms with E-state index in [4.69, 9.17) is 10.8 Å². The molecular formula is C13H20N2O2. The van der Waals surface area contributed by atoms with Gasteiger partial charge in [0.25, 0.3) is 0 Å². The average Bonchev–Trinajstić information content (AvgIpc) is 2.26. The summed E-state index contributed by atoms with van der Waals surface area (Å²) in [5.74, 6) is 0.124. The maximum atomic E-state index is 10.9. The quantitative estimate of drug-likeness (QED) is 0.687. The molecule has 0 amide bonds. The highest BCUT2D eigenvalue weighted by atomic mass is 16.4. The highest BCUT2D eigenvalue weighted by molar-refractivity contribution is 5.94. The molecule has 17 heavy (non-hydrogen) atoms. The van der Waals surface area contributed by atoms with Gasteiger partial charge in [-0.05, 0) is 30.0 Å². The Bertz CT molecular complexity index is 402. The molecule has 0 aliphatic carbocycles. The van der Waals surface area contributed by atoms with E-state index in [1.54, 1.807) is 18.2 Å².